The van der Waals surface area contributed by atoms with Crippen LogP contribution in [-0.2, 0) is 6.42 Å². The Labute approximate surface area is 136 Å². The highest BCUT2D eigenvalue weighted by molar-refractivity contribution is 5.73. The zero-order valence-electron chi connectivity index (χ0n) is 13.5. The SMILES string of the molecule is Cc1cccc(-n2c(CC3CCNCC3)nc3cccnc32)c1. The Morgan fingerprint density at radius 1 is 1.17 bits per heavy atom. The summed E-state index contributed by atoms with van der Waals surface area (Å²) in [6, 6.07) is 12.6. The minimum Gasteiger partial charge on any atom is -0.317 e. The molecule has 0 spiro atoms. The van der Waals surface area contributed by atoms with Crippen LogP contribution in [0.3, 0.4) is 0 Å². The van der Waals surface area contributed by atoms with Gasteiger partial charge in [-0.2, -0.15) is 0 Å². The lowest BCUT2D eigenvalue weighted by Crippen LogP contribution is -2.29. The average Bonchev–Trinajstić information content (AvgIpc) is 2.93. The smallest absolute Gasteiger partial charge is 0.164 e. The molecular weight excluding hydrogens is 284 g/mol. The molecule has 4 rings (SSSR count). The normalized spacial score (nSPS) is 16.0. The molecule has 1 aliphatic rings. The number of nitrogens with zero attached hydrogens (tertiary/aromatic N) is 3. The highest BCUT2D eigenvalue weighted by Crippen LogP contribution is 2.24. The van der Waals surface area contributed by atoms with Gasteiger partial charge in [0, 0.05) is 18.3 Å². The molecule has 1 saturated heterocycles. The van der Waals surface area contributed by atoms with Crippen molar-refractivity contribution in [1.29, 1.82) is 0 Å². The average molecular weight is 306 g/mol. The number of pyridine rings is 1. The van der Waals surface area contributed by atoms with Crippen molar-refractivity contribution >= 4 is 11.2 Å². The first kappa shape index (κ1) is 14.4. The minimum atomic E-state index is 0.705. The lowest BCUT2D eigenvalue weighted by atomic mass is 9.94. The van der Waals surface area contributed by atoms with Crippen LogP contribution in [0, 0.1) is 12.8 Å². The summed E-state index contributed by atoms with van der Waals surface area (Å²) in [5, 5.41) is 3.44. The molecular formula is C19H22N4. The van der Waals surface area contributed by atoms with E-state index in [1.165, 1.54) is 18.4 Å². The molecule has 1 N–H and O–H groups in total. The molecule has 0 atom stereocenters. The van der Waals surface area contributed by atoms with E-state index in [-0.39, 0.29) is 0 Å². The van der Waals surface area contributed by atoms with E-state index in [4.69, 9.17) is 4.98 Å². The van der Waals surface area contributed by atoms with Crippen molar-refractivity contribution in [2.24, 2.45) is 5.92 Å². The van der Waals surface area contributed by atoms with Crippen LogP contribution in [0.15, 0.2) is 42.6 Å². The molecule has 3 heterocycles. The molecule has 3 aromatic rings. The van der Waals surface area contributed by atoms with Crippen molar-refractivity contribution in [1.82, 2.24) is 19.9 Å². The molecule has 0 aliphatic carbocycles. The third kappa shape index (κ3) is 2.86. The third-order valence-electron chi connectivity index (χ3n) is 4.68. The Balaban J connectivity index is 1.81. The number of nitrogens with one attached hydrogen (secondary N) is 1. The Bertz CT molecular complexity index is 815. The molecule has 0 bridgehead atoms. The molecule has 1 fully saturated rings. The van der Waals surface area contributed by atoms with Gasteiger partial charge in [0.25, 0.3) is 0 Å². The number of aromatic nitrogens is 3. The maximum absolute atomic E-state index is 4.89. The Kier molecular flexibility index (Phi) is 3.83. The lowest BCUT2D eigenvalue weighted by molar-refractivity contribution is 0.366. The summed E-state index contributed by atoms with van der Waals surface area (Å²) in [6.07, 6.45) is 5.32. The van der Waals surface area contributed by atoms with Gasteiger partial charge in [0.15, 0.2) is 5.65 Å². The van der Waals surface area contributed by atoms with Crippen molar-refractivity contribution in [3.63, 3.8) is 0 Å². The lowest BCUT2D eigenvalue weighted by Gasteiger charge is -2.22. The highest BCUT2D eigenvalue weighted by atomic mass is 15.1. The number of hydrogen-bond donors (Lipinski definition) is 1. The molecule has 1 aliphatic heterocycles. The fraction of sp³-hybridized carbons (Fsp3) is 0.368. The number of aryl methyl sites for hydroxylation is 1. The van der Waals surface area contributed by atoms with Crippen LogP contribution in [-0.4, -0.2) is 27.6 Å². The van der Waals surface area contributed by atoms with Gasteiger partial charge in [-0.15, -0.1) is 0 Å². The molecule has 0 saturated carbocycles. The summed E-state index contributed by atoms with van der Waals surface area (Å²) in [5.41, 5.74) is 4.36. The Morgan fingerprint density at radius 3 is 2.87 bits per heavy atom. The maximum atomic E-state index is 4.89. The molecule has 118 valence electrons. The molecule has 1 aromatic carbocycles. The fourth-order valence-electron chi connectivity index (χ4n) is 3.48. The minimum absolute atomic E-state index is 0.705. The van der Waals surface area contributed by atoms with Gasteiger partial charge in [0.05, 0.1) is 0 Å². The summed E-state index contributed by atoms with van der Waals surface area (Å²) in [7, 11) is 0. The summed E-state index contributed by atoms with van der Waals surface area (Å²) >= 11 is 0. The Morgan fingerprint density at radius 2 is 2.04 bits per heavy atom. The fourth-order valence-corrected chi connectivity index (χ4v) is 3.48. The number of imidazole rings is 1. The van der Waals surface area contributed by atoms with E-state index in [0.29, 0.717) is 5.92 Å². The number of piperidine rings is 1. The number of benzene rings is 1. The van der Waals surface area contributed by atoms with E-state index in [1.807, 2.05) is 12.3 Å². The first-order valence-corrected chi connectivity index (χ1v) is 8.41. The summed E-state index contributed by atoms with van der Waals surface area (Å²) in [6.45, 7) is 4.36. The molecule has 0 radical (unpaired) electrons. The molecule has 0 amide bonds. The van der Waals surface area contributed by atoms with Crippen molar-refractivity contribution in [3.8, 4) is 5.69 Å². The first-order chi connectivity index (χ1) is 11.3. The molecule has 2 aromatic heterocycles. The molecule has 4 nitrogen and oxygen atoms in total. The van der Waals surface area contributed by atoms with E-state index in [0.717, 1.165) is 42.2 Å². The van der Waals surface area contributed by atoms with Crippen molar-refractivity contribution in [2.75, 3.05) is 13.1 Å². The monoisotopic (exact) mass is 306 g/mol. The Hall–Kier alpha value is -2.20. The van der Waals surface area contributed by atoms with Crippen LogP contribution in [0.1, 0.15) is 24.2 Å². The predicted molar refractivity (Wildman–Crippen MR) is 92.9 cm³/mol. The van der Waals surface area contributed by atoms with Crippen LogP contribution in [0.2, 0.25) is 0 Å². The van der Waals surface area contributed by atoms with Crippen LogP contribution >= 0.6 is 0 Å². The third-order valence-corrected chi connectivity index (χ3v) is 4.68. The second-order valence-corrected chi connectivity index (χ2v) is 6.45. The van der Waals surface area contributed by atoms with Crippen LogP contribution < -0.4 is 5.32 Å². The zero-order chi connectivity index (χ0) is 15.6. The van der Waals surface area contributed by atoms with Gasteiger partial charge in [-0.25, -0.2) is 9.97 Å². The number of hydrogen-bond acceptors (Lipinski definition) is 3. The van der Waals surface area contributed by atoms with Crippen LogP contribution in [0.25, 0.3) is 16.9 Å². The molecule has 0 unspecified atom stereocenters. The van der Waals surface area contributed by atoms with Gasteiger partial charge in [-0.1, -0.05) is 12.1 Å². The van der Waals surface area contributed by atoms with Gasteiger partial charge in [0.1, 0.15) is 11.3 Å². The topological polar surface area (TPSA) is 42.7 Å². The van der Waals surface area contributed by atoms with Gasteiger partial charge < -0.3 is 5.32 Å². The van der Waals surface area contributed by atoms with Gasteiger partial charge >= 0.3 is 0 Å². The second-order valence-electron chi connectivity index (χ2n) is 6.45. The van der Waals surface area contributed by atoms with Gasteiger partial charge in [0.2, 0.25) is 0 Å². The van der Waals surface area contributed by atoms with Crippen LogP contribution in [0.5, 0.6) is 0 Å². The zero-order valence-corrected chi connectivity index (χ0v) is 13.5. The quantitative estimate of drug-likeness (QED) is 0.807. The largest absolute Gasteiger partial charge is 0.317 e. The first-order valence-electron chi connectivity index (χ1n) is 8.41. The van der Waals surface area contributed by atoms with E-state index < -0.39 is 0 Å². The maximum Gasteiger partial charge on any atom is 0.164 e. The van der Waals surface area contributed by atoms with Crippen LogP contribution in [0.4, 0.5) is 0 Å². The van der Waals surface area contributed by atoms with Crippen molar-refractivity contribution in [3.05, 3.63) is 54.0 Å². The summed E-state index contributed by atoms with van der Waals surface area (Å²) < 4.78 is 2.24. The summed E-state index contributed by atoms with van der Waals surface area (Å²) in [5.74, 6) is 1.84. The van der Waals surface area contributed by atoms with E-state index >= 15 is 0 Å². The number of rotatable bonds is 3. The second kappa shape index (κ2) is 6.13. The van der Waals surface area contributed by atoms with E-state index in [2.05, 4.69) is 52.1 Å². The van der Waals surface area contributed by atoms with E-state index in [1.54, 1.807) is 0 Å². The standard InChI is InChI=1S/C19H22N4/c1-14-4-2-5-16(12-14)23-18(13-15-7-10-20-11-8-15)22-17-6-3-9-21-19(17)23/h2-6,9,12,15,20H,7-8,10-11,13H2,1H3. The van der Waals surface area contributed by atoms with Gasteiger partial charge in [-0.05, 0) is 68.6 Å². The van der Waals surface area contributed by atoms with Crippen molar-refractivity contribution in [2.45, 2.75) is 26.2 Å². The van der Waals surface area contributed by atoms with Gasteiger partial charge in [-0.3, -0.25) is 4.57 Å². The highest BCUT2D eigenvalue weighted by Gasteiger charge is 2.19. The predicted octanol–water partition coefficient (Wildman–Crippen LogP) is 3.27. The molecule has 4 heteroatoms. The van der Waals surface area contributed by atoms with E-state index in [9.17, 15) is 0 Å². The molecule has 23 heavy (non-hydrogen) atoms. The summed E-state index contributed by atoms with van der Waals surface area (Å²) in [4.78, 5) is 9.48. The number of fused-ring (bicyclic) bond motifs is 1. The van der Waals surface area contributed by atoms with Crippen molar-refractivity contribution < 1.29 is 0 Å².